The van der Waals surface area contributed by atoms with E-state index in [1.165, 1.54) is 0 Å². The fourth-order valence-electron chi connectivity index (χ4n) is 3.84. The molecule has 0 saturated carbocycles. The molecule has 0 aromatic carbocycles. The van der Waals surface area contributed by atoms with Crippen molar-refractivity contribution in [3.8, 4) is 0 Å². The second-order valence-electron chi connectivity index (χ2n) is 9.27. The predicted octanol–water partition coefficient (Wildman–Crippen LogP) is 5.79. The van der Waals surface area contributed by atoms with E-state index < -0.39 is 6.29 Å². The van der Waals surface area contributed by atoms with Crippen molar-refractivity contribution in [3.05, 3.63) is 0 Å². The highest BCUT2D eigenvalue weighted by Gasteiger charge is 2.06. The summed E-state index contributed by atoms with van der Waals surface area (Å²) in [7, 11) is 0. The molecule has 6 nitrogen and oxygen atoms in total. The Kier molecular flexibility index (Phi) is 21.4. The molecule has 0 aromatic rings. The number of unbranched alkanes of at least 4 members (excludes halogenated alkanes) is 8. The van der Waals surface area contributed by atoms with E-state index in [1.54, 1.807) is 0 Å². The summed E-state index contributed by atoms with van der Waals surface area (Å²) in [4.78, 5) is 46.9. The van der Waals surface area contributed by atoms with Crippen molar-refractivity contribution >= 4 is 23.1 Å². The fraction of sp³-hybridized carbons (Fsp3) is 0.852. The van der Waals surface area contributed by atoms with Crippen LogP contribution in [0.2, 0.25) is 0 Å². The van der Waals surface area contributed by atoms with E-state index in [0.717, 1.165) is 77.0 Å². The minimum absolute atomic E-state index is 0.256. The van der Waals surface area contributed by atoms with Crippen LogP contribution in [0.15, 0.2) is 0 Å². The molecule has 0 heterocycles. The van der Waals surface area contributed by atoms with Crippen LogP contribution in [-0.4, -0.2) is 39.6 Å². The molecule has 2 N–H and O–H groups in total. The van der Waals surface area contributed by atoms with Gasteiger partial charge in [-0.15, -0.1) is 0 Å². The first-order chi connectivity index (χ1) is 15.8. The van der Waals surface area contributed by atoms with Crippen molar-refractivity contribution < 1.29 is 29.4 Å². The van der Waals surface area contributed by atoms with Crippen molar-refractivity contribution in [1.82, 2.24) is 0 Å². The zero-order valence-corrected chi connectivity index (χ0v) is 21.0. The van der Waals surface area contributed by atoms with Gasteiger partial charge in [-0.3, -0.25) is 19.2 Å². The Labute approximate surface area is 200 Å². The second kappa shape index (κ2) is 22.4. The SMILES string of the molecule is CCC(=O)CCCCCC(=O)CCCCCC(=O)CCCCCC(=O)CCCCCC(O)O. The summed E-state index contributed by atoms with van der Waals surface area (Å²) in [6.45, 7) is 1.88. The Morgan fingerprint density at radius 2 is 0.727 bits per heavy atom. The number of aliphatic hydroxyl groups excluding tert-OH is 1. The van der Waals surface area contributed by atoms with Gasteiger partial charge < -0.3 is 10.2 Å². The normalized spacial score (nSPS) is 11.2. The van der Waals surface area contributed by atoms with Gasteiger partial charge in [0.2, 0.25) is 0 Å². The number of carbonyl (C=O) groups is 4. The third kappa shape index (κ3) is 23.6. The molecule has 0 bridgehead atoms. The predicted molar refractivity (Wildman–Crippen MR) is 131 cm³/mol. The summed E-state index contributed by atoms with van der Waals surface area (Å²) in [6.07, 6.45) is 14.1. The van der Waals surface area contributed by atoms with Gasteiger partial charge in [0.1, 0.15) is 23.1 Å². The van der Waals surface area contributed by atoms with Crippen LogP contribution in [0.25, 0.3) is 0 Å². The number of hydrogen-bond donors (Lipinski definition) is 2. The average Bonchev–Trinajstić information content (AvgIpc) is 2.77. The quantitative estimate of drug-likeness (QED) is 0.130. The number of hydrogen-bond acceptors (Lipinski definition) is 6. The lowest BCUT2D eigenvalue weighted by atomic mass is 10.0. The molecule has 0 amide bonds. The largest absolute Gasteiger partial charge is 0.368 e. The summed E-state index contributed by atoms with van der Waals surface area (Å²) in [5.41, 5.74) is 0. The zero-order chi connectivity index (χ0) is 24.7. The molecule has 0 atom stereocenters. The minimum atomic E-state index is -1.25. The number of rotatable bonds is 25. The summed E-state index contributed by atoms with van der Waals surface area (Å²) in [5.74, 6) is 1.13. The van der Waals surface area contributed by atoms with Crippen LogP contribution >= 0.6 is 0 Å². The van der Waals surface area contributed by atoms with Gasteiger partial charge in [0.15, 0.2) is 6.29 Å². The van der Waals surface area contributed by atoms with E-state index in [9.17, 15) is 19.2 Å². The Hall–Kier alpha value is -1.40. The van der Waals surface area contributed by atoms with Crippen molar-refractivity contribution in [2.45, 2.75) is 148 Å². The lowest BCUT2D eigenvalue weighted by molar-refractivity contribution is -0.120. The third-order valence-corrected chi connectivity index (χ3v) is 6.05. The minimum Gasteiger partial charge on any atom is -0.368 e. The molecule has 192 valence electrons. The Bertz CT molecular complexity index is 541. The first-order valence-corrected chi connectivity index (χ1v) is 13.3. The van der Waals surface area contributed by atoms with E-state index in [1.807, 2.05) is 6.92 Å². The lowest BCUT2D eigenvalue weighted by Gasteiger charge is -2.04. The summed E-state index contributed by atoms with van der Waals surface area (Å²) >= 11 is 0. The standard InChI is InChI=1S/C27H48O6/c1-2-23(28)15-7-3-8-16-24(29)17-9-4-10-18-25(30)19-11-5-12-20-26(31)21-13-6-14-22-27(32)33/h27,32-33H,2-22H2,1H3. The van der Waals surface area contributed by atoms with Gasteiger partial charge >= 0.3 is 0 Å². The van der Waals surface area contributed by atoms with Gasteiger partial charge in [-0.1, -0.05) is 32.6 Å². The highest BCUT2D eigenvalue weighted by molar-refractivity contribution is 5.79. The van der Waals surface area contributed by atoms with E-state index in [-0.39, 0.29) is 11.6 Å². The van der Waals surface area contributed by atoms with Crippen LogP contribution in [-0.2, 0) is 19.2 Å². The van der Waals surface area contributed by atoms with E-state index in [2.05, 4.69) is 0 Å². The maximum atomic E-state index is 12.0. The molecule has 0 aliphatic carbocycles. The molecule has 0 aliphatic heterocycles. The van der Waals surface area contributed by atoms with Crippen LogP contribution in [0.3, 0.4) is 0 Å². The zero-order valence-electron chi connectivity index (χ0n) is 21.0. The first kappa shape index (κ1) is 31.6. The van der Waals surface area contributed by atoms with Gasteiger partial charge in [-0.25, -0.2) is 0 Å². The Morgan fingerprint density at radius 3 is 1.00 bits per heavy atom. The average molecular weight is 469 g/mol. The molecule has 0 aliphatic rings. The first-order valence-electron chi connectivity index (χ1n) is 13.3. The van der Waals surface area contributed by atoms with Crippen LogP contribution in [0.4, 0.5) is 0 Å². The van der Waals surface area contributed by atoms with Gasteiger partial charge in [0.25, 0.3) is 0 Å². The van der Waals surface area contributed by atoms with Gasteiger partial charge in [-0.2, -0.15) is 0 Å². The molecule has 0 aromatic heterocycles. The molecular weight excluding hydrogens is 420 g/mol. The fourth-order valence-corrected chi connectivity index (χ4v) is 3.84. The molecule has 33 heavy (non-hydrogen) atoms. The maximum Gasteiger partial charge on any atom is 0.151 e. The smallest absolute Gasteiger partial charge is 0.151 e. The molecule has 6 heteroatoms. The maximum absolute atomic E-state index is 12.0. The summed E-state index contributed by atoms with van der Waals surface area (Å²) in [6, 6.07) is 0. The van der Waals surface area contributed by atoms with Gasteiger partial charge in [0, 0.05) is 51.4 Å². The van der Waals surface area contributed by atoms with Gasteiger partial charge in [0.05, 0.1) is 0 Å². The van der Waals surface area contributed by atoms with Gasteiger partial charge in [-0.05, 0) is 57.8 Å². The molecule has 0 rings (SSSR count). The van der Waals surface area contributed by atoms with Crippen LogP contribution in [0.1, 0.15) is 142 Å². The van der Waals surface area contributed by atoms with E-state index in [0.29, 0.717) is 69.4 Å². The highest BCUT2D eigenvalue weighted by Crippen LogP contribution is 2.13. The topological polar surface area (TPSA) is 109 Å². The molecule has 0 fully saturated rings. The molecule has 0 saturated heterocycles. The summed E-state index contributed by atoms with van der Waals surface area (Å²) in [5, 5.41) is 17.5. The lowest BCUT2D eigenvalue weighted by Crippen LogP contribution is -2.03. The second-order valence-corrected chi connectivity index (χ2v) is 9.27. The number of carbonyl (C=O) groups excluding carboxylic acids is 4. The van der Waals surface area contributed by atoms with Crippen LogP contribution < -0.4 is 0 Å². The monoisotopic (exact) mass is 468 g/mol. The van der Waals surface area contributed by atoms with Crippen molar-refractivity contribution in [3.63, 3.8) is 0 Å². The molecule has 0 unspecified atom stereocenters. The number of ketones is 4. The Morgan fingerprint density at radius 1 is 0.455 bits per heavy atom. The van der Waals surface area contributed by atoms with E-state index in [4.69, 9.17) is 10.2 Å². The molecular formula is C27H48O6. The third-order valence-electron chi connectivity index (χ3n) is 6.05. The van der Waals surface area contributed by atoms with E-state index >= 15 is 0 Å². The number of aliphatic hydroxyl groups is 2. The molecule has 0 spiro atoms. The highest BCUT2D eigenvalue weighted by atomic mass is 16.5. The van der Waals surface area contributed by atoms with Crippen LogP contribution in [0, 0.1) is 0 Å². The van der Waals surface area contributed by atoms with Crippen molar-refractivity contribution in [2.75, 3.05) is 0 Å². The molecule has 0 radical (unpaired) electrons. The number of Topliss-reactive ketones (excluding diaryl/α,β-unsaturated/α-hetero) is 4. The van der Waals surface area contributed by atoms with Crippen molar-refractivity contribution in [1.29, 1.82) is 0 Å². The Balaban J connectivity index is 3.44. The van der Waals surface area contributed by atoms with Crippen LogP contribution in [0.5, 0.6) is 0 Å². The van der Waals surface area contributed by atoms with Crippen molar-refractivity contribution in [2.24, 2.45) is 0 Å². The summed E-state index contributed by atoms with van der Waals surface area (Å²) < 4.78 is 0.